The molecule has 0 unspecified atom stereocenters. The van der Waals surface area contributed by atoms with E-state index >= 15 is 0 Å². The molecule has 1 rings (SSSR count). The van der Waals surface area contributed by atoms with E-state index in [1.807, 2.05) is 0 Å². The number of allylic oxidation sites excluding steroid dienone is 4. The Bertz CT molecular complexity index is 126. The third-order valence-electron chi connectivity index (χ3n) is 2.15. The molecule has 1 aliphatic rings. The zero-order valence-corrected chi connectivity index (χ0v) is 7.42. The third kappa shape index (κ3) is 4.02. The Morgan fingerprint density at radius 3 is 2.00 bits per heavy atom. The van der Waals surface area contributed by atoms with Crippen LogP contribution in [0.2, 0.25) is 0 Å². The van der Waals surface area contributed by atoms with Crippen molar-refractivity contribution in [3.05, 3.63) is 24.3 Å². The second-order valence-corrected chi connectivity index (χ2v) is 3.45. The van der Waals surface area contributed by atoms with Gasteiger partial charge in [-0.3, -0.25) is 0 Å². The fraction of sp³-hybridized carbons (Fsp3) is 0.636. The van der Waals surface area contributed by atoms with Gasteiger partial charge in [0.15, 0.2) is 0 Å². The summed E-state index contributed by atoms with van der Waals surface area (Å²) < 4.78 is 0. The number of hydrogen-bond acceptors (Lipinski definition) is 0. The molecular formula is C11H18. The Balaban J connectivity index is 2.34. The predicted octanol–water partition coefficient (Wildman–Crippen LogP) is 3.70. The molecule has 0 fully saturated rings. The number of hydrogen-bond donors (Lipinski definition) is 0. The van der Waals surface area contributed by atoms with Crippen molar-refractivity contribution in [2.24, 2.45) is 5.92 Å². The monoisotopic (exact) mass is 150 g/mol. The maximum absolute atomic E-state index is 2.34. The first-order chi connectivity index (χ1) is 5.39. The van der Waals surface area contributed by atoms with Gasteiger partial charge in [-0.15, -0.1) is 0 Å². The van der Waals surface area contributed by atoms with E-state index in [0.717, 1.165) is 5.92 Å². The van der Waals surface area contributed by atoms with Gasteiger partial charge >= 0.3 is 0 Å². The summed E-state index contributed by atoms with van der Waals surface area (Å²) in [5.41, 5.74) is 0. The first kappa shape index (κ1) is 8.58. The van der Waals surface area contributed by atoms with Crippen LogP contribution in [0.4, 0.5) is 0 Å². The fourth-order valence-corrected chi connectivity index (χ4v) is 1.34. The smallest absolute Gasteiger partial charge is 0.0322 e. The minimum absolute atomic E-state index is 0.834. The molecule has 0 nitrogen and oxygen atoms in total. The van der Waals surface area contributed by atoms with E-state index in [4.69, 9.17) is 0 Å². The Hall–Kier alpha value is -0.520. The van der Waals surface area contributed by atoms with Crippen LogP contribution in [0.5, 0.6) is 0 Å². The fourth-order valence-electron chi connectivity index (χ4n) is 1.34. The number of rotatable bonds is 0. The second kappa shape index (κ2) is 5.17. The average Bonchev–Trinajstić information content (AvgIpc) is 2.03. The van der Waals surface area contributed by atoms with Gasteiger partial charge in [0.2, 0.25) is 0 Å². The Morgan fingerprint density at radius 2 is 1.45 bits per heavy atom. The van der Waals surface area contributed by atoms with Gasteiger partial charge in [-0.05, 0) is 38.0 Å². The zero-order chi connectivity index (χ0) is 7.94. The summed E-state index contributed by atoms with van der Waals surface area (Å²) in [5, 5.41) is 0. The van der Waals surface area contributed by atoms with Gasteiger partial charge in [0.25, 0.3) is 0 Å². The Kier molecular flexibility index (Phi) is 4.03. The maximum atomic E-state index is 2.34. The molecule has 62 valence electrons. The third-order valence-corrected chi connectivity index (χ3v) is 2.15. The Morgan fingerprint density at radius 1 is 0.909 bits per heavy atom. The predicted molar refractivity (Wildman–Crippen MR) is 50.5 cm³/mol. The molecule has 0 aliphatic heterocycles. The minimum atomic E-state index is 0.834. The van der Waals surface area contributed by atoms with Crippen LogP contribution in [0.3, 0.4) is 0 Å². The lowest BCUT2D eigenvalue weighted by Gasteiger charge is -2.05. The molecular weight excluding hydrogens is 132 g/mol. The SMILES string of the molecule is CC1C/C=C\CCC/C=C\C1. The highest BCUT2D eigenvalue weighted by molar-refractivity contribution is 4.90. The largest absolute Gasteiger partial charge is 0.0885 e. The molecule has 0 N–H and O–H groups in total. The highest BCUT2D eigenvalue weighted by atomic mass is 14.0. The first-order valence-corrected chi connectivity index (χ1v) is 4.69. The van der Waals surface area contributed by atoms with Crippen LogP contribution >= 0.6 is 0 Å². The van der Waals surface area contributed by atoms with Crippen molar-refractivity contribution in [1.29, 1.82) is 0 Å². The molecule has 0 spiro atoms. The summed E-state index contributed by atoms with van der Waals surface area (Å²) in [4.78, 5) is 0. The highest BCUT2D eigenvalue weighted by Crippen LogP contribution is 2.12. The van der Waals surface area contributed by atoms with E-state index < -0.39 is 0 Å². The van der Waals surface area contributed by atoms with Crippen molar-refractivity contribution < 1.29 is 0 Å². The van der Waals surface area contributed by atoms with Crippen LogP contribution in [-0.4, -0.2) is 0 Å². The van der Waals surface area contributed by atoms with E-state index in [9.17, 15) is 0 Å². The molecule has 0 radical (unpaired) electrons. The lowest BCUT2D eigenvalue weighted by Crippen LogP contribution is -1.90. The van der Waals surface area contributed by atoms with Crippen molar-refractivity contribution in [2.45, 2.75) is 39.0 Å². The van der Waals surface area contributed by atoms with Gasteiger partial charge in [0.1, 0.15) is 0 Å². The van der Waals surface area contributed by atoms with Crippen LogP contribution < -0.4 is 0 Å². The van der Waals surface area contributed by atoms with Crippen molar-refractivity contribution in [3.8, 4) is 0 Å². The molecule has 0 aromatic heterocycles. The van der Waals surface area contributed by atoms with Gasteiger partial charge in [-0.25, -0.2) is 0 Å². The molecule has 0 amide bonds. The molecule has 0 aromatic carbocycles. The van der Waals surface area contributed by atoms with Crippen molar-refractivity contribution in [2.75, 3.05) is 0 Å². The summed E-state index contributed by atoms with van der Waals surface area (Å²) in [6, 6.07) is 0. The quantitative estimate of drug-likeness (QED) is 0.462. The highest BCUT2D eigenvalue weighted by Gasteiger charge is 1.96. The van der Waals surface area contributed by atoms with Gasteiger partial charge < -0.3 is 0 Å². The molecule has 0 aromatic rings. The lowest BCUT2D eigenvalue weighted by atomic mass is 10.0. The van der Waals surface area contributed by atoms with E-state index in [0.29, 0.717) is 0 Å². The molecule has 0 atom stereocenters. The van der Waals surface area contributed by atoms with Crippen LogP contribution in [-0.2, 0) is 0 Å². The van der Waals surface area contributed by atoms with Crippen LogP contribution in [0, 0.1) is 5.92 Å². The van der Waals surface area contributed by atoms with Crippen molar-refractivity contribution in [1.82, 2.24) is 0 Å². The molecule has 0 bridgehead atoms. The standard InChI is InChI=1S/C11H18/c1-11-9-7-5-3-2-4-6-8-10-11/h5-8,11H,2-4,9-10H2,1H3/b7-5-,8-6-. The summed E-state index contributed by atoms with van der Waals surface area (Å²) in [6.07, 6.45) is 15.7. The normalized spacial score (nSPS) is 27.7. The molecule has 1 aliphatic carbocycles. The van der Waals surface area contributed by atoms with Crippen molar-refractivity contribution >= 4 is 0 Å². The minimum Gasteiger partial charge on any atom is -0.0885 e. The average molecular weight is 150 g/mol. The second-order valence-electron chi connectivity index (χ2n) is 3.45. The van der Waals surface area contributed by atoms with E-state index in [1.165, 1.54) is 32.1 Å². The van der Waals surface area contributed by atoms with Gasteiger partial charge in [0, 0.05) is 0 Å². The van der Waals surface area contributed by atoms with Gasteiger partial charge in [0.05, 0.1) is 0 Å². The molecule has 0 heteroatoms. The summed E-state index contributed by atoms with van der Waals surface area (Å²) in [5.74, 6) is 0.834. The Labute approximate surface area is 70.0 Å². The molecule has 0 heterocycles. The molecule has 0 saturated heterocycles. The maximum Gasteiger partial charge on any atom is -0.0322 e. The van der Waals surface area contributed by atoms with E-state index in [2.05, 4.69) is 31.2 Å². The van der Waals surface area contributed by atoms with Gasteiger partial charge in [-0.1, -0.05) is 31.2 Å². The van der Waals surface area contributed by atoms with Crippen LogP contribution in [0.25, 0.3) is 0 Å². The molecule has 0 saturated carbocycles. The van der Waals surface area contributed by atoms with E-state index in [1.54, 1.807) is 0 Å². The summed E-state index contributed by atoms with van der Waals surface area (Å²) in [6.45, 7) is 2.32. The van der Waals surface area contributed by atoms with Crippen LogP contribution in [0.15, 0.2) is 24.3 Å². The zero-order valence-electron chi connectivity index (χ0n) is 7.42. The van der Waals surface area contributed by atoms with Gasteiger partial charge in [-0.2, -0.15) is 0 Å². The van der Waals surface area contributed by atoms with E-state index in [-0.39, 0.29) is 0 Å². The van der Waals surface area contributed by atoms with Crippen molar-refractivity contribution in [3.63, 3.8) is 0 Å². The topological polar surface area (TPSA) is 0 Å². The van der Waals surface area contributed by atoms with Crippen LogP contribution in [0.1, 0.15) is 39.0 Å². The lowest BCUT2D eigenvalue weighted by molar-refractivity contribution is 0.598. The first-order valence-electron chi connectivity index (χ1n) is 4.69. The summed E-state index contributed by atoms with van der Waals surface area (Å²) in [7, 11) is 0. The summed E-state index contributed by atoms with van der Waals surface area (Å²) >= 11 is 0. The molecule has 11 heavy (non-hydrogen) atoms.